The van der Waals surface area contributed by atoms with Crippen LogP contribution >= 0.6 is 0 Å². The molecule has 0 bridgehead atoms. The maximum atomic E-state index is 4.83. The fourth-order valence-electron chi connectivity index (χ4n) is 4.80. The Morgan fingerprint density at radius 3 is 1.58 bits per heavy atom. The summed E-state index contributed by atoms with van der Waals surface area (Å²) >= 11 is 0. The molecule has 4 rings (SSSR count). The molecule has 172 valence electrons. The minimum absolute atomic E-state index is 0.399. The lowest BCUT2D eigenvalue weighted by Gasteiger charge is -2.18. The zero-order chi connectivity index (χ0) is 23.9. The van der Waals surface area contributed by atoms with Gasteiger partial charge in [-0.05, 0) is 45.9 Å². The summed E-state index contributed by atoms with van der Waals surface area (Å²) in [5, 5.41) is 0. The zero-order valence-corrected chi connectivity index (χ0v) is 21.3. The molecule has 0 unspecified atom stereocenters. The summed E-state index contributed by atoms with van der Waals surface area (Å²) < 4.78 is 4.54. The fraction of sp³-hybridized carbons (Fsp3) is 0.414. The van der Waals surface area contributed by atoms with E-state index in [1.807, 2.05) is 0 Å². The van der Waals surface area contributed by atoms with Crippen molar-refractivity contribution in [2.24, 2.45) is 0 Å². The van der Waals surface area contributed by atoms with Gasteiger partial charge in [0, 0.05) is 0 Å². The van der Waals surface area contributed by atoms with Crippen molar-refractivity contribution in [3.05, 3.63) is 77.4 Å². The quantitative estimate of drug-likeness (QED) is 0.297. The van der Waals surface area contributed by atoms with Crippen LogP contribution in [-0.2, 0) is 0 Å². The van der Waals surface area contributed by atoms with Gasteiger partial charge in [-0.2, -0.15) is 4.57 Å². The van der Waals surface area contributed by atoms with Crippen LogP contribution in [0.5, 0.6) is 0 Å². The van der Waals surface area contributed by atoms with Crippen molar-refractivity contribution < 1.29 is 4.57 Å². The molecule has 0 saturated carbocycles. The van der Waals surface area contributed by atoms with E-state index in [2.05, 4.69) is 107 Å². The Hall–Kier alpha value is -3.01. The third kappa shape index (κ3) is 4.07. The largest absolute Gasteiger partial charge is 0.327 e. The van der Waals surface area contributed by atoms with Crippen molar-refractivity contribution in [3.8, 4) is 11.4 Å². The third-order valence-corrected chi connectivity index (χ3v) is 6.51. The zero-order valence-electron chi connectivity index (χ0n) is 21.3. The van der Waals surface area contributed by atoms with Gasteiger partial charge in [0.15, 0.2) is 0 Å². The molecule has 4 aromatic rings. The third-order valence-electron chi connectivity index (χ3n) is 6.51. The molecule has 0 atom stereocenters. The number of hydrogen-bond donors (Lipinski definition) is 0. The average Bonchev–Trinajstić information content (AvgIpc) is 3.16. The number of nitrogens with zero attached hydrogens (tertiary/aromatic N) is 4. The van der Waals surface area contributed by atoms with Crippen molar-refractivity contribution in [1.29, 1.82) is 0 Å². The number of benzene rings is 2. The Labute approximate surface area is 198 Å². The minimum atomic E-state index is 0.399. The molecule has 0 aliphatic carbocycles. The van der Waals surface area contributed by atoms with Crippen LogP contribution < -0.4 is 4.57 Å². The summed E-state index contributed by atoms with van der Waals surface area (Å²) in [7, 11) is 0. The first-order valence-corrected chi connectivity index (χ1v) is 12.2. The molecule has 4 nitrogen and oxygen atoms in total. The number of para-hydroxylation sites is 2. The van der Waals surface area contributed by atoms with Crippen molar-refractivity contribution in [2.75, 3.05) is 0 Å². The molecule has 4 heteroatoms. The normalized spacial score (nSPS) is 12.1. The molecule has 2 aromatic carbocycles. The summed E-state index contributed by atoms with van der Waals surface area (Å²) in [4.78, 5) is 9.67. The van der Waals surface area contributed by atoms with Gasteiger partial charge in [-0.15, -0.1) is 4.98 Å². The van der Waals surface area contributed by atoms with Crippen molar-refractivity contribution in [2.45, 2.75) is 79.1 Å². The standard InChI is InChI=1S/C29H37N4/c1-18(2)22-11-9-12-23(19(3)4)26(22)32-17-33(29-28(32)30-15-16-31-29)27-24(20(5)6)13-10-14-25(27)21(7)8/h9-21H,1-8H3/q+1. The Balaban J connectivity index is 2.14. The molecule has 2 heterocycles. The maximum absolute atomic E-state index is 4.83. The first-order valence-electron chi connectivity index (χ1n) is 12.2. The van der Waals surface area contributed by atoms with Crippen molar-refractivity contribution in [1.82, 2.24) is 14.5 Å². The number of hydrogen-bond acceptors (Lipinski definition) is 2. The second kappa shape index (κ2) is 9.09. The van der Waals surface area contributed by atoms with E-state index in [1.165, 1.54) is 33.6 Å². The highest BCUT2D eigenvalue weighted by molar-refractivity contribution is 5.68. The molecule has 0 radical (unpaired) electrons. The molecule has 0 N–H and O–H groups in total. The Morgan fingerprint density at radius 1 is 0.636 bits per heavy atom. The Kier molecular flexibility index (Phi) is 6.38. The van der Waals surface area contributed by atoms with Gasteiger partial charge in [0.2, 0.25) is 6.33 Å². The molecular formula is C29H37N4+. The number of fused-ring (bicyclic) bond motifs is 1. The lowest BCUT2D eigenvalue weighted by Crippen LogP contribution is -2.33. The van der Waals surface area contributed by atoms with Crippen LogP contribution in [0.1, 0.15) is 101 Å². The monoisotopic (exact) mass is 441 g/mol. The highest BCUT2D eigenvalue weighted by Gasteiger charge is 2.28. The van der Waals surface area contributed by atoms with Crippen LogP contribution in [0.15, 0.2) is 55.1 Å². The molecule has 0 fully saturated rings. The topological polar surface area (TPSA) is 34.6 Å². The van der Waals surface area contributed by atoms with Crippen LogP contribution in [0.3, 0.4) is 0 Å². The first-order chi connectivity index (χ1) is 15.7. The van der Waals surface area contributed by atoms with E-state index in [1.54, 1.807) is 12.4 Å². The molecule has 2 aromatic heterocycles. The van der Waals surface area contributed by atoms with Crippen LogP contribution in [-0.4, -0.2) is 14.5 Å². The lowest BCUT2D eigenvalue weighted by atomic mass is 9.92. The fourth-order valence-corrected chi connectivity index (χ4v) is 4.80. The molecule has 0 spiro atoms. The van der Waals surface area contributed by atoms with E-state index in [-0.39, 0.29) is 0 Å². The predicted molar refractivity (Wildman–Crippen MR) is 137 cm³/mol. The summed E-state index contributed by atoms with van der Waals surface area (Å²) in [6, 6.07) is 13.4. The van der Waals surface area contributed by atoms with Gasteiger partial charge in [-0.1, -0.05) is 91.8 Å². The van der Waals surface area contributed by atoms with Crippen LogP contribution in [0, 0.1) is 0 Å². The molecule has 0 aliphatic heterocycles. The van der Waals surface area contributed by atoms with E-state index in [4.69, 9.17) is 9.97 Å². The van der Waals surface area contributed by atoms with Crippen LogP contribution in [0.4, 0.5) is 0 Å². The van der Waals surface area contributed by atoms with E-state index in [0.29, 0.717) is 23.7 Å². The van der Waals surface area contributed by atoms with Gasteiger partial charge >= 0.3 is 5.65 Å². The lowest BCUT2D eigenvalue weighted by molar-refractivity contribution is -0.571. The van der Waals surface area contributed by atoms with Crippen molar-refractivity contribution >= 4 is 11.3 Å². The number of rotatable bonds is 6. The summed E-state index contributed by atoms with van der Waals surface area (Å²) in [6.45, 7) is 18.1. The molecule has 0 amide bonds. The van der Waals surface area contributed by atoms with Crippen LogP contribution in [0.25, 0.3) is 22.7 Å². The highest BCUT2D eigenvalue weighted by Crippen LogP contribution is 2.34. The number of aromatic nitrogens is 4. The second-order valence-corrected chi connectivity index (χ2v) is 10.2. The second-order valence-electron chi connectivity index (χ2n) is 10.2. The predicted octanol–water partition coefficient (Wildman–Crippen LogP) is 7.19. The van der Waals surface area contributed by atoms with Gasteiger partial charge in [0.25, 0.3) is 5.65 Å². The van der Waals surface area contributed by atoms with Crippen molar-refractivity contribution in [3.63, 3.8) is 0 Å². The minimum Gasteiger partial charge on any atom is -0.215 e. The van der Waals surface area contributed by atoms with E-state index in [9.17, 15) is 0 Å². The SMILES string of the molecule is CC(C)c1cccc(C(C)C)c1-n1c[n+](-c2c(C(C)C)cccc2C(C)C)c2nccnc21. The van der Waals surface area contributed by atoms with Crippen LogP contribution in [0.2, 0.25) is 0 Å². The van der Waals surface area contributed by atoms with E-state index < -0.39 is 0 Å². The van der Waals surface area contributed by atoms with Gasteiger partial charge < -0.3 is 0 Å². The average molecular weight is 442 g/mol. The first kappa shape index (κ1) is 23.2. The smallest absolute Gasteiger partial charge is 0.215 e. The van der Waals surface area contributed by atoms with Gasteiger partial charge in [0.1, 0.15) is 17.6 Å². The Morgan fingerprint density at radius 2 is 1.09 bits per heavy atom. The number of imidazole rings is 1. The molecule has 33 heavy (non-hydrogen) atoms. The maximum Gasteiger partial charge on any atom is 0.327 e. The van der Waals surface area contributed by atoms with Gasteiger partial charge in [0.05, 0.1) is 6.20 Å². The van der Waals surface area contributed by atoms with E-state index >= 15 is 0 Å². The summed E-state index contributed by atoms with van der Waals surface area (Å²) in [6.07, 6.45) is 5.81. The molecule has 0 saturated heterocycles. The van der Waals surface area contributed by atoms with Gasteiger partial charge in [-0.3, -0.25) is 0 Å². The summed E-state index contributed by atoms with van der Waals surface area (Å²) in [5.41, 5.74) is 9.57. The van der Waals surface area contributed by atoms with Gasteiger partial charge in [-0.25, -0.2) is 9.55 Å². The summed E-state index contributed by atoms with van der Waals surface area (Å²) in [5.74, 6) is 1.59. The molecule has 0 aliphatic rings. The Bertz CT molecular complexity index is 1130. The molecular weight excluding hydrogens is 404 g/mol. The highest BCUT2D eigenvalue weighted by atomic mass is 15.2. The van der Waals surface area contributed by atoms with E-state index in [0.717, 1.165) is 11.3 Å².